The van der Waals surface area contributed by atoms with Crippen molar-refractivity contribution >= 4 is 23.2 Å². The van der Waals surface area contributed by atoms with Gasteiger partial charge in [-0.2, -0.15) is 0 Å². The summed E-state index contributed by atoms with van der Waals surface area (Å²) >= 11 is 5.55. The van der Waals surface area contributed by atoms with E-state index in [0.717, 1.165) is 5.56 Å². The van der Waals surface area contributed by atoms with Gasteiger partial charge >= 0.3 is 0 Å². The summed E-state index contributed by atoms with van der Waals surface area (Å²) in [5.74, 6) is -1.04. The normalized spacial score (nSPS) is 10.2. The summed E-state index contributed by atoms with van der Waals surface area (Å²) in [4.78, 5) is 19.3. The van der Waals surface area contributed by atoms with E-state index in [-0.39, 0.29) is 16.5 Å². The maximum Gasteiger partial charge on any atom is 0.275 e. The Morgan fingerprint density at radius 2 is 2.11 bits per heavy atom. The summed E-state index contributed by atoms with van der Waals surface area (Å²) in [5, 5.41) is 2.60. The number of carbonyl (C=O) groups excluding carboxylic acids is 1. The molecule has 0 fully saturated rings. The minimum absolute atomic E-state index is 0.0689. The van der Waals surface area contributed by atoms with Crippen LogP contribution in [0.4, 0.5) is 10.1 Å². The van der Waals surface area contributed by atoms with E-state index < -0.39 is 11.7 Å². The Bertz CT molecular complexity index is 586. The highest BCUT2D eigenvalue weighted by Gasteiger charge is 2.10. The molecule has 0 saturated heterocycles. The van der Waals surface area contributed by atoms with Crippen LogP contribution in [0.5, 0.6) is 0 Å². The van der Waals surface area contributed by atoms with Crippen molar-refractivity contribution in [3.8, 4) is 0 Å². The number of carbonyl (C=O) groups is 1. The Morgan fingerprint density at radius 1 is 1.33 bits per heavy atom. The lowest BCUT2D eigenvalue weighted by atomic mass is 10.2. The van der Waals surface area contributed by atoms with E-state index in [1.807, 2.05) is 0 Å². The SMILES string of the molecule is Cc1ccc(NC(=O)c2cnc(Cl)cn2)c(F)c1. The van der Waals surface area contributed by atoms with E-state index in [2.05, 4.69) is 15.3 Å². The molecule has 0 spiro atoms. The zero-order valence-corrected chi connectivity index (χ0v) is 10.2. The molecule has 92 valence electrons. The second-order valence-electron chi connectivity index (χ2n) is 3.66. The van der Waals surface area contributed by atoms with Crippen LogP contribution < -0.4 is 5.32 Å². The second kappa shape index (κ2) is 5.10. The fraction of sp³-hybridized carbons (Fsp3) is 0.0833. The van der Waals surface area contributed by atoms with Gasteiger partial charge in [-0.3, -0.25) is 4.79 Å². The third-order valence-electron chi connectivity index (χ3n) is 2.23. The van der Waals surface area contributed by atoms with Gasteiger partial charge in [0.25, 0.3) is 5.91 Å². The predicted octanol–water partition coefficient (Wildman–Crippen LogP) is 2.83. The van der Waals surface area contributed by atoms with Gasteiger partial charge in [-0.1, -0.05) is 17.7 Å². The quantitative estimate of drug-likeness (QED) is 0.908. The average Bonchev–Trinajstić information content (AvgIpc) is 2.33. The Kier molecular flexibility index (Phi) is 3.53. The summed E-state index contributed by atoms with van der Waals surface area (Å²) in [5.41, 5.74) is 0.943. The number of halogens is 2. The summed E-state index contributed by atoms with van der Waals surface area (Å²) < 4.78 is 13.5. The van der Waals surface area contributed by atoms with Gasteiger partial charge in [-0.25, -0.2) is 14.4 Å². The molecule has 2 aromatic rings. The molecule has 0 aliphatic heterocycles. The molecular weight excluding hydrogens is 257 g/mol. The van der Waals surface area contributed by atoms with Crippen LogP contribution in [-0.2, 0) is 0 Å². The van der Waals surface area contributed by atoms with Crippen LogP contribution in [0.1, 0.15) is 16.1 Å². The van der Waals surface area contributed by atoms with Gasteiger partial charge < -0.3 is 5.32 Å². The Balaban J connectivity index is 2.18. The predicted molar refractivity (Wildman–Crippen MR) is 66.1 cm³/mol. The lowest BCUT2D eigenvalue weighted by molar-refractivity contribution is 0.102. The molecule has 0 unspecified atom stereocenters. The Morgan fingerprint density at radius 3 is 2.72 bits per heavy atom. The van der Waals surface area contributed by atoms with E-state index in [1.54, 1.807) is 13.0 Å². The number of nitrogens with one attached hydrogen (secondary N) is 1. The minimum Gasteiger partial charge on any atom is -0.318 e. The van der Waals surface area contributed by atoms with Crippen LogP contribution >= 0.6 is 11.6 Å². The van der Waals surface area contributed by atoms with Crippen LogP contribution in [0.2, 0.25) is 5.15 Å². The number of anilines is 1. The molecule has 1 heterocycles. The van der Waals surface area contributed by atoms with Gasteiger partial charge in [0.15, 0.2) is 0 Å². The van der Waals surface area contributed by atoms with E-state index in [0.29, 0.717) is 0 Å². The molecule has 0 aliphatic carbocycles. The molecule has 1 amide bonds. The highest BCUT2D eigenvalue weighted by Crippen LogP contribution is 2.16. The fourth-order valence-electron chi connectivity index (χ4n) is 1.34. The summed E-state index contributed by atoms with van der Waals surface area (Å²) in [6, 6.07) is 4.53. The first-order valence-electron chi connectivity index (χ1n) is 5.11. The molecule has 2 rings (SSSR count). The number of nitrogens with zero attached hydrogens (tertiary/aromatic N) is 2. The van der Waals surface area contributed by atoms with Crippen LogP contribution in [0.15, 0.2) is 30.6 Å². The first-order chi connectivity index (χ1) is 8.56. The Hall–Kier alpha value is -2.01. The zero-order chi connectivity index (χ0) is 13.1. The Labute approximate surface area is 108 Å². The number of aryl methyl sites for hydroxylation is 1. The van der Waals surface area contributed by atoms with Crippen LogP contribution in [0, 0.1) is 12.7 Å². The first kappa shape index (κ1) is 12.4. The molecule has 6 heteroatoms. The third kappa shape index (κ3) is 2.81. The van der Waals surface area contributed by atoms with Crippen LogP contribution in [0.3, 0.4) is 0 Å². The van der Waals surface area contributed by atoms with Crippen molar-refractivity contribution in [3.05, 3.63) is 52.8 Å². The van der Waals surface area contributed by atoms with Gasteiger partial charge in [0.1, 0.15) is 16.7 Å². The molecule has 0 atom stereocenters. The van der Waals surface area contributed by atoms with Crippen molar-refractivity contribution in [3.63, 3.8) is 0 Å². The molecule has 0 radical (unpaired) electrons. The first-order valence-corrected chi connectivity index (χ1v) is 5.49. The molecule has 0 saturated carbocycles. The monoisotopic (exact) mass is 265 g/mol. The highest BCUT2D eigenvalue weighted by atomic mass is 35.5. The van der Waals surface area contributed by atoms with Crippen LogP contribution in [-0.4, -0.2) is 15.9 Å². The third-order valence-corrected chi connectivity index (χ3v) is 2.42. The number of amides is 1. The molecular formula is C12H9ClFN3O. The minimum atomic E-state index is -0.540. The smallest absolute Gasteiger partial charge is 0.275 e. The number of aromatic nitrogens is 2. The molecule has 1 aromatic heterocycles. The zero-order valence-electron chi connectivity index (χ0n) is 9.45. The molecule has 18 heavy (non-hydrogen) atoms. The fourth-order valence-corrected chi connectivity index (χ4v) is 1.43. The lowest BCUT2D eigenvalue weighted by Crippen LogP contribution is -2.14. The molecule has 1 aromatic carbocycles. The van der Waals surface area contributed by atoms with Gasteiger partial charge in [0.05, 0.1) is 18.1 Å². The van der Waals surface area contributed by atoms with Gasteiger partial charge in [0.2, 0.25) is 0 Å². The highest BCUT2D eigenvalue weighted by molar-refractivity contribution is 6.29. The van der Waals surface area contributed by atoms with Crippen molar-refractivity contribution < 1.29 is 9.18 Å². The van der Waals surface area contributed by atoms with Gasteiger partial charge in [-0.05, 0) is 24.6 Å². The summed E-state index contributed by atoms with van der Waals surface area (Å²) in [6.07, 6.45) is 2.48. The standard InChI is InChI=1S/C12H9ClFN3O/c1-7-2-3-9(8(14)4-7)17-12(18)10-5-16-11(13)6-15-10/h2-6H,1H3,(H,17,18). The number of hydrogen-bond donors (Lipinski definition) is 1. The van der Waals surface area contributed by atoms with Gasteiger partial charge in [0, 0.05) is 0 Å². The summed E-state index contributed by atoms with van der Waals surface area (Å²) in [6.45, 7) is 1.76. The number of benzene rings is 1. The molecule has 4 nitrogen and oxygen atoms in total. The topological polar surface area (TPSA) is 54.9 Å². The average molecular weight is 266 g/mol. The van der Waals surface area contributed by atoms with Crippen molar-refractivity contribution in [1.82, 2.24) is 9.97 Å². The van der Waals surface area contributed by atoms with E-state index >= 15 is 0 Å². The van der Waals surface area contributed by atoms with Gasteiger partial charge in [-0.15, -0.1) is 0 Å². The largest absolute Gasteiger partial charge is 0.318 e. The van der Waals surface area contributed by atoms with Crippen molar-refractivity contribution in [2.75, 3.05) is 5.32 Å². The molecule has 0 aliphatic rings. The van der Waals surface area contributed by atoms with E-state index in [9.17, 15) is 9.18 Å². The summed E-state index contributed by atoms with van der Waals surface area (Å²) in [7, 11) is 0. The lowest BCUT2D eigenvalue weighted by Gasteiger charge is -2.06. The van der Waals surface area contributed by atoms with Crippen molar-refractivity contribution in [1.29, 1.82) is 0 Å². The number of hydrogen-bond acceptors (Lipinski definition) is 3. The maximum absolute atomic E-state index is 13.5. The van der Waals surface area contributed by atoms with Crippen molar-refractivity contribution in [2.24, 2.45) is 0 Å². The van der Waals surface area contributed by atoms with E-state index in [1.165, 1.54) is 24.5 Å². The van der Waals surface area contributed by atoms with Crippen molar-refractivity contribution in [2.45, 2.75) is 6.92 Å². The van der Waals surface area contributed by atoms with Crippen LogP contribution in [0.25, 0.3) is 0 Å². The van der Waals surface area contributed by atoms with E-state index in [4.69, 9.17) is 11.6 Å². The second-order valence-corrected chi connectivity index (χ2v) is 4.05. The maximum atomic E-state index is 13.5. The molecule has 0 bridgehead atoms. The number of rotatable bonds is 2. The molecule has 1 N–H and O–H groups in total.